The third-order valence-electron chi connectivity index (χ3n) is 5.84. The number of fused-ring (bicyclic) bond motifs is 1. The summed E-state index contributed by atoms with van der Waals surface area (Å²) in [7, 11) is 0. The van der Waals surface area contributed by atoms with Crippen molar-refractivity contribution in [2.45, 2.75) is 57.7 Å². The molecule has 2 heterocycles. The van der Waals surface area contributed by atoms with Gasteiger partial charge in [-0.2, -0.15) is 0 Å². The van der Waals surface area contributed by atoms with Gasteiger partial charge in [0.05, 0.1) is 16.0 Å². The van der Waals surface area contributed by atoms with E-state index in [0.717, 1.165) is 23.8 Å². The largest absolute Gasteiger partial charge is 0.488 e. The average molecular weight is 470 g/mol. The highest BCUT2D eigenvalue weighted by Crippen LogP contribution is 2.38. The Balaban J connectivity index is 1.39. The Morgan fingerprint density at radius 2 is 1.94 bits per heavy atom. The number of thiophene rings is 1. The molecule has 2 aliphatic rings. The fraction of sp³-hybridized carbons (Fsp3) is 0.391. The van der Waals surface area contributed by atoms with E-state index in [0.29, 0.717) is 39.8 Å². The van der Waals surface area contributed by atoms with Crippen LogP contribution in [0.2, 0.25) is 0 Å². The fourth-order valence-corrected chi connectivity index (χ4v) is 4.98. The first kappa shape index (κ1) is 21.6. The third-order valence-corrected chi connectivity index (χ3v) is 7.04. The van der Waals surface area contributed by atoms with Gasteiger partial charge in [-0.1, -0.05) is 0 Å². The van der Waals surface area contributed by atoms with Gasteiger partial charge < -0.3 is 20.7 Å². The molecule has 33 heavy (non-hydrogen) atoms. The Kier molecular flexibility index (Phi) is 5.61. The maximum absolute atomic E-state index is 14.0. The summed E-state index contributed by atoms with van der Waals surface area (Å²) in [6.07, 6.45) is 4.68. The molecule has 2 aromatic heterocycles. The molecule has 2 aliphatic carbocycles. The number of carbonyl (C=O) groups excluding carboxylic acids is 2. The van der Waals surface area contributed by atoms with Gasteiger partial charge in [-0.25, -0.2) is 14.4 Å². The molecule has 0 atom stereocenters. The third kappa shape index (κ3) is 4.61. The zero-order valence-electron chi connectivity index (χ0n) is 18.3. The fourth-order valence-electron chi connectivity index (χ4n) is 3.93. The summed E-state index contributed by atoms with van der Waals surface area (Å²) in [6, 6.07) is 4.63. The van der Waals surface area contributed by atoms with Crippen molar-refractivity contribution in [1.29, 1.82) is 0 Å². The number of hydrogen-bond acceptors (Lipinski definition) is 7. The SMILES string of the molecule is CC(=O)NC1CC(Oc2cc(F)ccc2Nc2ncnc3sc(C(=O)NC4CC4)c(C)c23)C1. The van der Waals surface area contributed by atoms with Crippen LogP contribution in [0.1, 0.15) is 47.8 Å². The molecule has 3 aromatic rings. The molecule has 0 spiro atoms. The molecule has 2 saturated carbocycles. The van der Waals surface area contributed by atoms with Crippen LogP contribution in [0.4, 0.5) is 15.9 Å². The second kappa shape index (κ2) is 8.58. The number of aryl methyl sites for hydroxylation is 1. The summed E-state index contributed by atoms with van der Waals surface area (Å²) >= 11 is 1.33. The minimum atomic E-state index is -0.410. The van der Waals surface area contributed by atoms with Crippen LogP contribution in [0.25, 0.3) is 10.2 Å². The molecular formula is C23H24FN5O3S. The van der Waals surface area contributed by atoms with Gasteiger partial charge in [0.15, 0.2) is 0 Å². The van der Waals surface area contributed by atoms with E-state index in [1.165, 1.54) is 36.7 Å². The lowest BCUT2D eigenvalue weighted by Crippen LogP contribution is -2.48. The lowest BCUT2D eigenvalue weighted by atomic mass is 9.89. The molecule has 0 radical (unpaired) electrons. The van der Waals surface area contributed by atoms with E-state index in [4.69, 9.17) is 4.74 Å². The average Bonchev–Trinajstić information content (AvgIpc) is 3.48. The van der Waals surface area contributed by atoms with Crippen LogP contribution in [-0.4, -0.2) is 40.0 Å². The number of aromatic nitrogens is 2. The van der Waals surface area contributed by atoms with Crippen LogP contribution in [0, 0.1) is 12.7 Å². The second-order valence-corrected chi connectivity index (χ2v) is 9.58. The van der Waals surface area contributed by atoms with E-state index in [-0.39, 0.29) is 30.0 Å². The molecule has 0 unspecified atom stereocenters. The van der Waals surface area contributed by atoms with Crippen molar-refractivity contribution >= 4 is 44.9 Å². The van der Waals surface area contributed by atoms with Gasteiger partial charge in [-0.15, -0.1) is 11.3 Å². The van der Waals surface area contributed by atoms with Crippen LogP contribution in [0.15, 0.2) is 24.5 Å². The maximum atomic E-state index is 14.0. The number of carbonyl (C=O) groups is 2. The van der Waals surface area contributed by atoms with Gasteiger partial charge in [-0.3, -0.25) is 9.59 Å². The highest BCUT2D eigenvalue weighted by molar-refractivity contribution is 7.20. The molecule has 172 valence electrons. The van der Waals surface area contributed by atoms with Gasteiger partial charge in [0.2, 0.25) is 5.91 Å². The maximum Gasteiger partial charge on any atom is 0.261 e. The Morgan fingerprint density at radius 3 is 2.67 bits per heavy atom. The Morgan fingerprint density at radius 1 is 1.15 bits per heavy atom. The number of nitrogens with one attached hydrogen (secondary N) is 3. The Hall–Kier alpha value is -3.27. The number of hydrogen-bond donors (Lipinski definition) is 3. The van der Waals surface area contributed by atoms with Crippen molar-refractivity contribution < 1.29 is 18.7 Å². The predicted molar refractivity (Wildman–Crippen MR) is 124 cm³/mol. The number of ether oxygens (including phenoxy) is 1. The van der Waals surface area contributed by atoms with Crippen molar-refractivity contribution in [3.8, 4) is 5.75 Å². The first-order valence-corrected chi connectivity index (χ1v) is 11.7. The summed E-state index contributed by atoms with van der Waals surface area (Å²) < 4.78 is 20.0. The molecule has 0 saturated heterocycles. The van der Waals surface area contributed by atoms with E-state index in [1.807, 2.05) is 6.92 Å². The number of amides is 2. The van der Waals surface area contributed by atoms with Gasteiger partial charge in [0.25, 0.3) is 5.91 Å². The molecule has 2 fully saturated rings. The molecule has 1 aromatic carbocycles. The normalized spacial score (nSPS) is 19.6. The highest BCUT2D eigenvalue weighted by atomic mass is 32.1. The summed E-state index contributed by atoms with van der Waals surface area (Å²) in [5.41, 5.74) is 1.37. The van der Waals surface area contributed by atoms with Crippen LogP contribution < -0.4 is 20.7 Å². The van der Waals surface area contributed by atoms with Crippen molar-refractivity contribution in [2.24, 2.45) is 0 Å². The van der Waals surface area contributed by atoms with Crippen molar-refractivity contribution in [3.05, 3.63) is 40.8 Å². The number of nitrogens with zero attached hydrogens (tertiary/aromatic N) is 2. The van der Waals surface area contributed by atoms with Crippen LogP contribution in [-0.2, 0) is 4.79 Å². The van der Waals surface area contributed by atoms with E-state index in [1.54, 1.807) is 6.07 Å². The smallest absolute Gasteiger partial charge is 0.261 e. The number of halogens is 1. The van der Waals surface area contributed by atoms with E-state index >= 15 is 0 Å². The Bertz CT molecular complexity index is 1240. The molecule has 10 heteroatoms. The Labute approximate surface area is 194 Å². The van der Waals surface area contributed by atoms with E-state index < -0.39 is 5.82 Å². The topological polar surface area (TPSA) is 105 Å². The predicted octanol–water partition coefficient (Wildman–Crippen LogP) is 3.82. The molecule has 5 rings (SSSR count). The number of rotatable bonds is 7. The van der Waals surface area contributed by atoms with Gasteiger partial charge in [-0.05, 0) is 37.5 Å². The van der Waals surface area contributed by atoms with Gasteiger partial charge in [0, 0.05) is 37.9 Å². The number of anilines is 2. The quantitative estimate of drug-likeness (QED) is 0.486. The zero-order valence-corrected chi connectivity index (χ0v) is 19.1. The molecule has 0 aliphatic heterocycles. The highest BCUT2D eigenvalue weighted by Gasteiger charge is 2.32. The molecule has 3 N–H and O–H groups in total. The van der Waals surface area contributed by atoms with Crippen LogP contribution in [0.5, 0.6) is 5.75 Å². The molecule has 0 bridgehead atoms. The lowest BCUT2D eigenvalue weighted by Gasteiger charge is -2.36. The van der Waals surface area contributed by atoms with Crippen LogP contribution >= 0.6 is 11.3 Å². The summed E-state index contributed by atoms with van der Waals surface area (Å²) in [6.45, 7) is 3.37. The monoisotopic (exact) mass is 469 g/mol. The molecular weight excluding hydrogens is 445 g/mol. The standard InChI is InChI=1S/C23H24FN5O3S/c1-11-19-21(25-10-26-23(19)33-20(11)22(31)28-14-4-5-14)29-17-6-3-13(24)7-18(17)32-16-8-15(9-16)27-12(2)30/h3,6-7,10,14-16H,4-5,8-9H2,1-2H3,(H,27,30)(H,28,31)(H,25,26,29). The van der Waals surface area contributed by atoms with E-state index in [9.17, 15) is 14.0 Å². The summed E-state index contributed by atoms with van der Waals surface area (Å²) in [4.78, 5) is 33.9. The first-order valence-electron chi connectivity index (χ1n) is 10.9. The van der Waals surface area contributed by atoms with Crippen LogP contribution in [0.3, 0.4) is 0 Å². The van der Waals surface area contributed by atoms with Gasteiger partial charge >= 0.3 is 0 Å². The van der Waals surface area contributed by atoms with E-state index in [2.05, 4.69) is 25.9 Å². The summed E-state index contributed by atoms with van der Waals surface area (Å²) in [5.74, 6) is 0.323. The summed E-state index contributed by atoms with van der Waals surface area (Å²) in [5, 5.41) is 9.88. The van der Waals surface area contributed by atoms with Crippen molar-refractivity contribution in [3.63, 3.8) is 0 Å². The minimum Gasteiger partial charge on any atom is -0.488 e. The molecule has 2 amide bonds. The molecule has 8 nitrogen and oxygen atoms in total. The lowest BCUT2D eigenvalue weighted by molar-refractivity contribution is -0.120. The van der Waals surface area contributed by atoms with Crippen molar-refractivity contribution in [1.82, 2.24) is 20.6 Å². The first-order chi connectivity index (χ1) is 15.9. The number of benzene rings is 1. The minimum absolute atomic E-state index is 0.0735. The zero-order chi connectivity index (χ0) is 23.1. The van der Waals surface area contributed by atoms with Gasteiger partial charge in [0.1, 0.15) is 34.6 Å². The second-order valence-electron chi connectivity index (χ2n) is 8.58. The van der Waals surface area contributed by atoms with Crippen molar-refractivity contribution in [2.75, 3.05) is 5.32 Å².